The summed E-state index contributed by atoms with van der Waals surface area (Å²) in [5.41, 5.74) is 2.91. The smallest absolute Gasteiger partial charge is 0.277 e. The van der Waals surface area contributed by atoms with Gasteiger partial charge in [-0.05, 0) is 24.4 Å². The maximum atomic E-state index is 11.5. The van der Waals surface area contributed by atoms with Crippen molar-refractivity contribution < 1.29 is 4.92 Å². The number of nitrogens with zero attached hydrogens (tertiary/aromatic N) is 4. The zero-order valence-corrected chi connectivity index (χ0v) is 14.5. The zero-order valence-electron chi connectivity index (χ0n) is 14.5. The minimum Gasteiger partial charge on any atom is -0.383 e. The SMILES string of the molecule is CN(C)/C=C/c1ccc(-c2nccc(-c3ccccc3)n2)cc1[N+](=O)[O-]. The van der Waals surface area contributed by atoms with Crippen LogP contribution in [0.1, 0.15) is 5.56 Å². The second-order valence-corrected chi connectivity index (χ2v) is 5.94. The molecule has 3 aromatic rings. The fraction of sp³-hybridized carbons (Fsp3) is 0.100. The molecule has 2 aromatic carbocycles. The lowest BCUT2D eigenvalue weighted by atomic mass is 10.1. The Hall–Kier alpha value is -3.54. The van der Waals surface area contributed by atoms with Gasteiger partial charge in [-0.3, -0.25) is 10.1 Å². The second-order valence-electron chi connectivity index (χ2n) is 5.94. The van der Waals surface area contributed by atoms with Gasteiger partial charge in [-0.1, -0.05) is 36.4 Å². The monoisotopic (exact) mass is 346 g/mol. The quantitative estimate of drug-likeness (QED) is 0.510. The summed E-state index contributed by atoms with van der Waals surface area (Å²) >= 11 is 0. The number of benzene rings is 2. The van der Waals surface area contributed by atoms with Gasteiger partial charge in [-0.15, -0.1) is 0 Å². The summed E-state index contributed by atoms with van der Waals surface area (Å²) in [5.74, 6) is 0.456. The van der Waals surface area contributed by atoms with E-state index in [-0.39, 0.29) is 10.6 Å². The van der Waals surface area contributed by atoms with Crippen LogP contribution in [0.5, 0.6) is 0 Å². The molecule has 0 bridgehead atoms. The van der Waals surface area contributed by atoms with Crippen LogP contribution in [-0.2, 0) is 0 Å². The van der Waals surface area contributed by atoms with Crippen LogP contribution in [0, 0.1) is 10.1 Å². The number of hydrogen-bond acceptors (Lipinski definition) is 5. The fourth-order valence-corrected chi connectivity index (χ4v) is 2.48. The van der Waals surface area contributed by atoms with Gasteiger partial charge in [-0.2, -0.15) is 0 Å². The van der Waals surface area contributed by atoms with Crippen LogP contribution < -0.4 is 0 Å². The van der Waals surface area contributed by atoms with Crippen LogP contribution in [0.3, 0.4) is 0 Å². The summed E-state index contributed by atoms with van der Waals surface area (Å²) in [6, 6.07) is 16.6. The van der Waals surface area contributed by atoms with Crippen molar-refractivity contribution in [3.8, 4) is 22.6 Å². The molecule has 0 aliphatic rings. The van der Waals surface area contributed by atoms with Crippen molar-refractivity contribution in [2.24, 2.45) is 0 Å². The standard InChI is InChI=1S/C20H18N4O2/c1-23(2)13-11-16-8-9-17(14-19(16)24(25)26)20-21-12-10-18(22-20)15-6-4-3-5-7-15/h3-14H,1-2H3/b13-11+. The first-order valence-electron chi connectivity index (χ1n) is 8.06. The van der Waals surface area contributed by atoms with Gasteiger partial charge < -0.3 is 4.90 Å². The van der Waals surface area contributed by atoms with Crippen molar-refractivity contribution in [2.45, 2.75) is 0 Å². The summed E-state index contributed by atoms with van der Waals surface area (Å²) in [6.45, 7) is 0. The van der Waals surface area contributed by atoms with Gasteiger partial charge in [0.2, 0.25) is 0 Å². The molecule has 0 spiro atoms. The van der Waals surface area contributed by atoms with Crippen molar-refractivity contribution in [1.82, 2.24) is 14.9 Å². The molecule has 0 aliphatic heterocycles. The molecule has 1 heterocycles. The highest BCUT2D eigenvalue weighted by molar-refractivity contribution is 5.70. The van der Waals surface area contributed by atoms with Crippen LogP contribution in [0.2, 0.25) is 0 Å². The topological polar surface area (TPSA) is 72.2 Å². The first-order valence-corrected chi connectivity index (χ1v) is 8.06. The Labute approximate surface area is 151 Å². The van der Waals surface area contributed by atoms with Crippen LogP contribution in [0.4, 0.5) is 5.69 Å². The predicted molar refractivity (Wildman–Crippen MR) is 102 cm³/mol. The summed E-state index contributed by atoms with van der Waals surface area (Å²) < 4.78 is 0. The van der Waals surface area contributed by atoms with Gasteiger partial charge in [0.1, 0.15) is 0 Å². The number of aromatic nitrogens is 2. The van der Waals surface area contributed by atoms with E-state index in [1.54, 1.807) is 30.6 Å². The lowest BCUT2D eigenvalue weighted by Gasteiger charge is -2.06. The predicted octanol–water partition coefficient (Wildman–Crippen LogP) is 4.25. The Kier molecular flexibility index (Phi) is 5.03. The van der Waals surface area contributed by atoms with Crippen LogP contribution >= 0.6 is 0 Å². The van der Waals surface area contributed by atoms with E-state index in [0.717, 1.165) is 11.3 Å². The van der Waals surface area contributed by atoms with E-state index in [0.29, 0.717) is 17.0 Å². The molecule has 0 N–H and O–H groups in total. The van der Waals surface area contributed by atoms with Gasteiger partial charge in [0.15, 0.2) is 5.82 Å². The summed E-state index contributed by atoms with van der Waals surface area (Å²) in [7, 11) is 3.72. The molecule has 0 saturated carbocycles. The molecule has 0 saturated heterocycles. The number of nitro benzene ring substituents is 1. The maximum absolute atomic E-state index is 11.5. The number of rotatable bonds is 5. The largest absolute Gasteiger partial charge is 0.383 e. The van der Waals surface area contributed by atoms with E-state index < -0.39 is 0 Å². The highest BCUT2D eigenvalue weighted by atomic mass is 16.6. The van der Waals surface area contributed by atoms with Gasteiger partial charge >= 0.3 is 0 Å². The average molecular weight is 346 g/mol. The molecule has 6 heteroatoms. The minimum absolute atomic E-state index is 0.0225. The third kappa shape index (κ3) is 3.92. The first-order chi connectivity index (χ1) is 12.5. The second kappa shape index (κ2) is 7.57. The molecule has 6 nitrogen and oxygen atoms in total. The molecule has 0 aliphatic carbocycles. The first kappa shape index (κ1) is 17.3. The van der Waals surface area contributed by atoms with Gasteiger partial charge in [0.25, 0.3) is 5.69 Å². The van der Waals surface area contributed by atoms with Crippen molar-refractivity contribution >= 4 is 11.8 Å². The molecule has 1 aromatic heterocycles. The highest BCUT2D eigenvalue weighted by Crippen LogP contribution is 2.27. The van der Waals surface area contributed by atoms with Crippen molar-refractivity contribution in [1.29, 1.82) is 0 Å². The van der Waals surface area contributed by atoms with E-state index >= 15 is 0 Å². The van der Waals surface area contributed by atoms with Crippen LogP contribution in [0.15, 0.2) is 67.0 Å². The Morgan fingerprint density at radius 2 is 1.81 bits per heavy atom. The lowest BCUT2D eigenvalue weighted by molar-refractivity contribution is -0.385. The molecule has 0 radical (unpaired) electrons. The fourth-order valence-electron chi connectivity index (χ4n) is 2.48. The third-order valence-corrected chi connectivity index (χ3v) is 3.76. The summed E-state index contributed by atoms with van der Waals surface area (Å²) in [4.78, 5) is 21.7. The highest BCUT2D eigenvalue weighted by Gasteiger charge is 2.15. The molecular formula is C20H18N4O2. The van der Waals surface area contributed by atoms with E-state index in [1.807, 2.05) is 55.4 Å². The van der Waals surface area contributed by atoms with Crippen LogP contribution in [-0.4, -0.2) is 33.9 Å². The molecule has 130 valence electrons. The van der Waals surface area contributed by atoms with E-state index in [1.165, 1.54) is 6.07 Å². The van der Waals surface area contributed by atoms with Gasteiger partial charge in [-0.25, -0.2) is 9.97 Å². The van der Waals surface area contributed by atoms with Crippen molar-refractivity contribution in [3.63, 3.8) is 0 Å². The van der Waals surface area contributed by atoms with E-state index in [4.69, 9.17) is 0 Å². The van der Waals surface area contributed by atoms with Crippen molar-refractivity contribution in [2.75, 3.05) is 14.1 Å². The number of hydrogen-bond donors (Lipinski definition) is 0. The Morgan fingerprint density at radius 3 is 2.50 bits per heavy atom. The molecule has 0 amide bonds. The van der Waals surface area contributed by atoms with Gasteiger partial charge in [0.05, 0.1) is 16.2 Å². The number of nitro groups is 1. The molecule has 3 rings (SSSR count). The van der Waals surface area contributed by atoms with Crippen LogP contribution in [0.25, 0.3) is 28.7 Å². The Balaban J connectivity index is 2.02. The summed E-state index contributed by atoms with van der Waals surface area (Å²) in [5, 5.41) is 11.5. The lowest BCUT2D eigenvalue weighted by Crippen LogP contribution is -2.00. The normalized spacial score (nSPS) is 10.8. The average Bonchev–Trinajstić information content (AvgIpc) is 2.67. The van der Waals surface area contributed by atoms with E-state index in [2.05, 4.69) is 9.97 Å². The van der Waals surface area contributed by atoms with E-state index in [9.17, 15) is 10.1 Å². The maximum Gasteiger partial charge on any atom is 0.277 e. The third-order valence-electron chi connectivity index (χ3n) is 3.76. The van der Waals surface area contributed by atoms with Crippen molar-refractivity contribution in [3.05, 3.63) is 82.7 Å². The Bertz CT molecular complexity index is 953. The zero-order chi connectivity index (χ0) is 18.5. The summed E-state index contributed by atoms with van der Waals surface area (Å²) in [6.07, 6.45) is 5.15. The van der Waals surface area contributed by atoms with Gasteiger partial charge in [0, 0.05) is 37.5 Å². The Morgan fingerprint density at radius 1 is 1.04 bits per heavy atom. The minimum atomic E-state index is -0.389. The molecule has 0 unspecified atom stereocenters. The molecule has 0 fully saturated rings. The molecular weight excluding hydrogens is 328 g/mol. The molecule has 0 atom stereocenters. The molecule has 26 heavy (non-hydrogen) atoms.